The predicted octanol–water partition coefficient (Wildman–Crippen LogP) is 6.95. The number of piperidine rings is 1. The molecule has 2 aromatic heterocycles. The number of rotatable bonds is 15. The number of carboxylic acid groups (broad SMARTS) is 1. The van der Waals surface area contributed by atoms with Crippen molar-refractivity contribution in [2.75, 3.05) is 13.1 Å². The zero-order chi connectivity index (χ0) is 31.6. The molecule has 1 aliphatic rings. The highest BCUT2D eigenvalue weighted by atomic mass is 35.5. The second-order valence-corrected chi connectivity index (χ2v) is 11.8. The number of ether oxygens (including phenoxy) is 2. The largest absolute Gasteiger partial charge is 0.484 e. The molecule has 45 heavy (non-hydrogen) atoms. The molecule has 11 heteroatoms. The zero-order valence-electron chi connectivity index (χ0n) is 25.1. The minimum absolute atomic E-state index is 0.0180. The van der Waals surface area contributed by atoms with Crippen LogP contribution in [0.1, 0.15) is 62.0 Å². The molecule has 1 aliphatic heterocycles. The number of nitrogens with zero attached hydrogens (tertiary/aromatic N) is 5. The van der Waals surface area contributed by atoms with Gasteiger partial charge < -0.3 is 19.1 Å². The molecule has 0 amide bonds. The van der Waals surface area contributed by atoms with Crippen molar-refractivity contribution in [1.82, 2.24) is 19.4 Å². The van der Waals surface area contributed by atoms with Crippen molar-refractivity contribution in [2.24, 2.45) is 0 Å². The normalized spacial score (nSPS) is 14.0. The Balaban J connectivity index is 1.17. The van der Waals surface area contributed by atoms with Crippen LogP contribution in [0.15, 0.2) is 54.6 Å². The third-order valence-corrected chi connectivity index (χ3v) is 8.14. The molecule has 4 aromatic rings. The van der Waals surface area contributed by atoms with Crippen molar-refractivity contribution in [3.63, 3.8) is 0 Å². The number of hydrogen-bond donors (Lipinski definition) is 1. The molecular formula is C34H37ClFN5O4. The topological polar surface area (TPSA) is 114 Å². The number of unbranched alkanes of at least 4 members (excludes halogenated alkanes) is 4. The number of aryl methyl sites for hydroxylation is 1. The van der Waals surface area contributed by atoms with Crippen LogP contribution in [0.5, 0.6) is 11.6 Å². The van der Waals surface area contributed by atoms with Gasteiger partial charge in [-0.15, -0.1) is 0 Å². The fourth-order valence-corrected chi connectivity index (χ4v) is 5.76. The summed E-state index contributed by atoms with van der Waals surface area (Å²) in [6, 6.07) is 17.7. The van der Waals surface area contributed by atoms with E-state index in [-0.39, 0.29) is 24.9 Å². The Bertz CT molecular complexity index is 1650. The summed E-state index contributed by atoms with van der Waals surface area (Å²) in [5.41, 5.74) is 3.23. The van der Waals surface area contributed by atoms with E-state index >= 15 is 0 Å². The summed E-state index contributed by atoms with van der Waals surface area (Å²) in [4.78, 5) is 23.2. The molecule has 1 N–H and O–H groups in total. The highest BCUT2D eigenvalue weighted by Crippen LogP contribution is 2.25. The summed E-state index contributed by atoms with van der Waals surface area (Å²) in [6.45, 7) is 3.27. The first kappa shape index (κ1) is 32.2. The van der Waals surface area contributed by atoms with Crippen molar-refractivity contribution in [1.29, 1.82) is 5.26 Å². The van der Waals surface area contributed by atoms with Crippen LogP contribution < -0.4 is 9.47 Å². The number of aromatic nitrogens is 3. The Hall–Kier alpha value is -4.20. The predicted molar refractivity (Wildman–Crippen MR) is 169 cm³/mol. The average Bonchev–Trinajstić information content (AvgIpc) is 3.35. The molecule has 0 unspecified atom stereocenters. The molecule has 1 saturated heterocycles. The van der Waals surface area contributed by atoms with Gasteiger partial charge in [0.25, 0.3) is 0 Å². The summed E-state index contributed by atoms with van der Waals surface area (Å²) in [5, 5.41) is 18.4. The van der Waals surface area contributed by atoms with Gasteiger partial charge in [0.2, 0.25) is 5.88 Å². The van der Waals surface area contributed by atoms with Crippen LogP contribution in [0.25, 0.3) is 11.0 Å². The van der Waals surface area contributed by atoms with Gasteiger partial charge in [-0.25, -0.2) is 14.4 Å². The van der Waals surface area contributed by atoms with E-state index in [1.165, 1.54) is 12.1 Å². The van der Waals surface area contributed by atoms with Crippen LogP contribution in [0.4, 0.5) is 4.39 Å². The van der Waals surface area contributed by atoms with Crippen molar-refractivity contribution in [3.05, 3.63) is 82.5 Å². The maximum absolute atomic E-state index is 14.1. The number of benzene rings is 2. The van der Waals surface area contributed by atoms with E-state index in [1.807, 2.05) is 36.4 Å². The van der Waals surface area contributed by atoms with E-state index in [0.29, 0.717) is 29.6 Å². The molecule has 0 spiro atoms. The van der Waals surface area contributed by atoms with Crippen molar-refractivity contribution in [2.45, 2.75) is 77.2 Å². The van der Waals surface area contributed by atoms with E-state index < -0.39 is 11.8 Å². The van der Waals surface area contributed by atoms with Crippen LogP contribution in [-0.4, -0.2) is 49.7 Å². The summed E-state index contributed by atoms with van der Waals surface area (Å²) < 4.78 is 28.1. The number of pyridine rings is 1. The van der Waals surface area contributed by atoms with Gasteiger partial charge in [0, 0.05) is 37.1 Å². The maximum atomic E-state index is 14.1. The molecule has 0 bridgehead atoms. The molecule has 0 atom stereocenters. The summed E-state index contributed by atoms with van der Waals surface area (Å²) in [7, 11) is 0. The Labute approximate surface area is 267 Å². The van der Waals surface area contributed by atoms with Gasteiger partial charge in [-0.2, -0.15) is 5.26 Å². The first-order valence-electron chi connectivity index (χ1n) is 15.4. The second kappa shape index (κ2) is 15.7. The number of hydrogen-bond acceptors (Lipinski definition) is 7. The Kier molecular flexibility index (Phi) is 11.2. The summed E-state index contributed by atoms with van der Waals surface area (Å²) in [5.74, 6) is 0.226. The average molecular weight is 634 g/mol. The molecule has 0 aliphatic carbocycles. The second-order valence-electron chi connectivity index (χ2n) is 11.3. The fraction of sp³-hybridized carbons (Fsp3) is 0.412. The van der Waals surface area contributed by atoms with Crippen LogP contribution >= 0.6 is 11.6 Å². The number of likely N-dealkylation sites (tertiary alicyclic amines) is 1. The molecule has 236 valence electrons. The number of fused-ring (bicyclic) bond motifs is 1. The summed E-state index contributed by atoms with van der Waals surface area (Å²) >= 11 is 5.82. The van der Waals surface area contributed by atoms with Crippen molar-refractivity contribution < 1.29 is 23.8 Å². The van der Waals surface area contributed by atoms with Crippen molar-refractivity contribution >= 4 is 28.6 Å². The van der Waals surface area contributed by atoms with E-state index in [4.69, 9.17) is 31.3 Å². The summed E-state index contributed by atoms with van der Waals surface area (Å²) in [6.07, 6.45) is 6.16. The Morgan fingerprint density at radius 3 is 2.67 bits per heavy atom. The third-order valence-electron chi connectivity index (χ3n) is 7.91. The Morgan fingerprint density at radius 1 is 1.07 bits per heavy atom. The molecule has 9 nitrogen and oxygen atoms in total. The minimum Gasteiger partial charge on any atom is -0.484 e. The monoisotopic (exact) mass is 633 g/mol. The number of halogens is 2. The molecule has 5 rings (SSSR count). The van der Waals surface area contributed by atoms with Gasteiger partial charge in [-0.3, -0.25) is 9.69 Å². The fourth-order valence-electron chi connectivity index (χ4n) is 5.60. The molecule has 3 heterocycles. The lowest BCUT2D eigenvalue weighted by Crippen LogP contribution is -2.38. The van der Waals surface area contributed by atoms with Gasteiger partial charge in [-0.05, 0) is 67.6 Å². The smallest absolute Gasteiger partial charge is 0.307 e. The van der Waals surface area contributed by atoms with Gasteiger partial charge in [0.05, 0.1) is 35.8 Å². The van der Waals surface area contributed by atoms with Crippen LogP contribution in [0.3, 0.4) is 0 Å². The maximum Gasteiger partial charge on any atom is 0.307 e. The minimum atomic E-state index is -0.855. The molecule has 0 saturated carbocycles. The molecule has 1 fully saturated rings. The quantitative estimate of drug-likeness (QED) is 0.140. The van der Waals surface area contributed by atoms with Gasteiger partial charge in [0.15, 0.2) is 11.6 Å². The van der Waals surface area contributed by atoms with Crippen LogP contribution in [0, 0.1) is 17.1 Å². The highest BCUT2D eigenvalue weighted by molar-refractivity contribution is 6.30. The lowest BCUT2D eigenvalue weighted by atomic mass is 10.1. The van der Waals surface area contributed by atoms with Gasteiger partial charge in [0.1, 0.15) is 18.5 Å². The van der Waals surface area contributed by atoms with Gasteiger partial charge in [-0.1, -0.05) is 36.6 Å². The number of nitriles is 1. The van der Waals surface area contributed by atoms with Crippen LogP contribution in [0.2, 0.25) is 5.02 Å². The first-order valence-corrected chi connectivity index (χ1v) is 15.8. The van der Waals surface area contributed by atoms with Crippen molar-refractivity contribution in [3.8, 4) is 17.7 Å². The van der Waals surface area contributed by atoms with E-state index in [1.54, 1.807) is 6.07 Å². The highest BCUT2D eigenvalue weighted by Gasteiger charge is 2.23. The van der Waals surface area contributed by atoms with E-state index in [2.05, 4.69) is 20.5 Å². The zero-order valence-corrected chi connectivity index (χ0v) is 25.9. The molecule has 0 radical (unpaired) electrons. The van der Waals surface area contributed by atoms with Crippen LogP contribution in [-0.2, 0) is 30.9 Å². The Morgan fingerprint density at radius 2 is 1.89 bits per heavy atom. The third kappa shape index (κ3) is 9.16. The van der Waals surface area contributed by atoms with E-state index in [9.17, 15) is 14.3 Å². The lowest BCUT2D eigenvalue weighted by Gasteiger charge is -2.31. The number of aliphatic carboxylic acids is 1. The van der Waals surface area contributed by atoms with Gasteiger partial charge >= 0.3 is 5.97 Å². The first-order chi connectivity index (χ1) is 21.9. The number of carboxylic acids is 1. The number of carbonyl (C=O) groups is 1. The SMILES string of the molecule is N#CCCCCCCn1c(CN2CCC(Oc3cccc(COc4ccc(Cl)cc4F)n3)CC2)nc2ccc(CC(=O)O)cc21. The van der Waals surface area contributed by atoms with E-state index in [0.717, 1.165) is 80.6 Å². The molecule has 2 aromatic carbocycles. The lowest BCUT2D eigenvalue weighted by molar-refractivity contribution is -0.136. The standard InChI is InChI=1S/C34H37ClFN5O4/c35-25-10-12-31(28(36)21-25)44-23-26-7-6-8-33(38-26)45-27-13-17-40(18-14-27)22-32-39-29-11-9-24(20-34(42)43)19-30(29)41(32)16-5-3-1-2-4-15-37/h6-12,19,21,27H,1-5,13-14,16-18,20,22-23H2,(H,42,43). The number of imidazole rings is 1. The molecular weight excluding hydrogens is 597 g/mol.